The van der Waals surface area contributed by atoms with Crippen LogP contribution in [0.15, 0.2) is 6.20 Å². The van der Waals surface area contributed by atoms with E-state index in [0.29, 0.717) is 12.4 Å². The number of carbonyl (C=O) groups is 1. The van der Waals surface area contributed by atoms with E-state index in [1.54, 1.807) is 22.8 Å². The Kier molecular flexibility index (Phi) is 2.20. The first-order valence-electron chi connectivity index (χ1n) is 4.62. The van der Waals surface area contributed by atoms with E-state index in [1.807, 2.05) is 0 Å². The molecule has 14 heavy (non-hydrogen) atoms. The third-order valence-corrected chi connectivity index (χ3v) is 2.35. The topological polar surface area (TPSA) is 77.0 Å². The molecule has 0 bridgehead atoms. The molecule has 1 aliphatic rings. The Labute approximate surface area is 81.7 Å². The first-order chi connectivity index (χ1) is 6.68. The largest absolute Gasteiger partial charge is 0.320 e. The SMILES string of the molecule is Cn1cc(N2CCCC(N)C2=O)nn1. The lowest BCUT2D eigenvalue weighted by Crippen LogP contribution is -2.48. The van der Waals surface area contributed by atoms with Crippen LogP contribution in [0.25, 0.3) is 0 Å². The zero-order valence-corrected chi connectivity index (χ0v) is 8.05. The maximum absolute atomic E-state index is 11.7. The van der Waals surface area contributed by atoms with Crippen LogP contribution in [-0.2, 0) is 11.8 Å². The molecule has 0 saturated carbocycles. The third-order valence-electron chi connectivity index (χ3n) is 2.35. The Morgan fingerprint density at radius 3 is 3.07 bits per heavy atom. The second kappa shape index (κ2) is 3.38. The van der Waals surface area contributed by atoms with E-state index >= 15 is 0 Å². The summed E-state index contributed by atoms with van der Waals surface area (Å²) >= 11 is 0. The Bertz CT molecular complexity index is 347. The zero-order chi connectivity index (χ0) is 10.1. The van der Waals surface area contributed by atoms with Crippen LogP contribution in [0, 0.1) is 0 Å². The fourth-order valence-corrected chi connectivity index (χ4v) is 1.59. The van der Waals surface area contributed by atoms with Crippen LogP contribution in [0.4, 0.5) is 5.82 Å². The summed E-state index contributed by atoms with van der Waals surface area (Å²) in [6, 6.07) is -0.384. The maximum Gasteiger partial charge on any atom is 0.245 e. The zero-order valence-electron chi connectivity index (χ0n) is 8.05. The minimum absolute atomic E-state index is 0.0586. The molecule has 1 unspecified atom stereocenters. The molecule has 2 heterocycles. The van der Waals surface area contributed by atoms with Gasteiger partial charge >= 0.3 is 0 Å². The molecule has 6 nitrogen and oxygen atoms in total. The first kappa shape index (κ1) is 9.14. The standard InChI is InChI=1S/C8H13N5O/c1-12-5-7(10-11-12)13-4-2-3-6(9)8(13)14/h5-6H,2-4,9H2,1H3. The van der Waals surface area contributed by atoms with Crippen molar-refractivity contribution in [1.82, 2.24) is 15.0 Å². The van der Waals surface area contributed by atoms with Gasteiger partial charge in [-0.05, 0) is 12.8 Å². The quantitative estimate of drug-likeness (QED) is 0.641. The summed E-state index contributed by atoms with van der Waals surface area (Å²) in [5.41, 5.74) is 5.67. The summed E-state index contributed by atoms with van der Waals surface area (Å²) in [5, 5.41) is 7.67. The molecular weight excluding hydrogens is 182 g/mol. The van der Waals surface area contributed by atoms with E-state index in [0.717, 1.165) is 12.8 Å². The monoisotopic (exact) mass is 195 g/mol. The lowest BCUT2D eigenvalue weighted by Gasteiger charge is -2.28. The molecule has 1 aromatic rings. The normalized spacial score (nSPS) is 22.9. The van der Waals surface area contributed by atoms with Crippen molar-refractivity contribution in [1.29, 1.82) is 0 Å². The highest BCUT2D eigenvalue weighted by Gasteiger charge is 2.28. The number of amides is 1. The van der Waals surface area contributed by atoms with Gasteiger partial charge in [-0.1, -0.05) is 5.21 Å². The molecule has 2 N–H and O–H groups in total. The number of nitrogens with two attached hydrogens (primary N) is 1. The van der Waals surface area contributed by atoms with Gasteiger partial charge in [0.1, 0.15) is 0 Å². The highest BCUT2D eigenvalue weighted by atomic mass is 16.2. The summed E-state index contributed by atoms with van der Waals surface area (Å²) < 4.78 is 1.57. The second-order valence-corrected chi connectivity index (χ2v) is 3.49. The smallest absolute Gasteiger partial charge is 0.245 e. The van der Waals surface area contributed by atoms with Gasteiger partial charge in [-0.15, -0.1) is 5.10 Å². The van der Waals surface area contributed by atoms with Crippen molar-refractivity contribution in [2.75, 3.05) is 11.4 Å². The number of aryl methyl sites for hydroxylation is 1. The molecule has 1 aliphatic heterocycles. The van der Waals surface area contributed by atoms with Gasteiger partial charge in [-0.3, -0.25) is 14.4 Å². The number of hydrogen-bond donors (Lipinski definition) is 1. The lowest BCUT2D eigenvalue weighted by atomic mass is 10.1. The van der Waals surface area contributed by atoms with Crippen LogP contribution in [0.3, 0.4) is 0 Å². The van der Waals surface area contributed by atoms with Crippen LogP contribution < -0.4 is 10.6 Å². The Balaban J connectivity index is 2.21. The Morgan fingerprint density at radius 1 is 1.64 bits per heavy atom. The Morgan fingerprint density at radius 2 is 2.43 bits per heavy atom. The van der Waals surface area contributed by atoms with Crippen molar-refractivity contribution in [2.24, 2.45) is 12.8 Å². The van der Waals surface area contributed by atoms with Crippen LogP contribution in [0.1, 0.15) is 12.8 Å². The highest BCUT2D eigenvalue weighted by Crippen LogP contribution is 2.16. The summed E-state index contributed by atoms with van der Waals surface area (Å²) in [6.45, 7) is 0.686. The van der Waals surface area contributed by atoms with Gasteiger partial charge in [0, 0.05) is 13.6 Å². The van der Waals surface area contributed by atoms with Gasteiger partial charge in [0.05, 0.1) is 12.2 Å². The summed E-state index contributed by atoms with van der Waals surface area (Å²) in [5.74, 6) is 0.532. The number of piperidine rings is 1. The van der Waals surface area contributed by atoms with Crippen molar-refractivity contribution in [3.63, 3.8) is 0 Å². The first-order valence-corrected chi connectivity index (χ1v) is 4.62. The minimum Gasteiger partial charge on any atom is -0.320 e. The molecule has 0 spiro atoms. The van der Waals surface area contributed by atoms with E-state index < -0.39 is 0 Å². The summed E-state index contributed by atoms with van der Waals surface area (Å²) in [6.07, 6.45) is 3.40. The van der Waals surface area contributed by atoms with E-state index in [-0.39, 0.29) is 11.9 Å². The minimum atomic E-state index is -0.384. The second-order valence-electron chi connectivity index (χ2n) is 3.49. The van der Waals surface area contributed by atoms with E-state index in [4.69, 9.17) is 5.73 Å². The van der Waals surface area contributed by atoms with Crippen molar-refractivity contribution in [3.8, 4) is 0 Å². The van der Waals surface area contributed by atoms with E-state index in [1.165, 1.54) is 0 Å². The van der Waals surface area contributed by atoms with Crippen LogP contribution >= 0.6 is 0 Å². The predicted molar refractivity (Wildman–Crippen MR) is 50.6 cm³/mol. The molecular formula is C8H13N5O. The molecule has 6 heteroatoms. The van der Waals surface area contributed by atoms with Gasteiger partial charge in [0.25, 0.3) is 0 Å². The fraction of sp³-hybridized carbons (Fsp3) is 0.625. The number of carbonyl (C=O) groups excluding carboxylic acids is 1. The van der Waals surface area contributed by atoms with Crippen LogP contribution in [0.2, 0.25) is 0 Å². The third kappa shape index (κ3) is 1.48. The van der Waals surface area contributed by atoms with Gasteiger partial charge < -0.3 is 5.73 Å². The number of nitrogens with zero attached hydrogens (tertiary/aromatic N) is 4. The van der Waals surface area contributed by atoms with E-state index in [2.05, 4.69) is 10.3 Å². The molecule has 0 aromatic carbocycles. The fourth-order valence-electron chi connectivity index (χ4n) is 1.59. The molecule has 1 amide bonds. The molecule has 1 saturated heterocycles. The number of hydrogen-bond acceptors (Lipinski definition) is 4. The molecule has 1 aromatic heterocycles. The van der Waals surface area contributed by atoms with Gasteiger partial charge in [0.2, 0.25) is 5.91 Å². The number of rotatable bonds is 1. The molecule has 1 atom stereocenters. The van der Waals surface area contributed by atoms with Crippen molar-refractivity contribution < 1.29 is 4.79 Å². The molecule has 76 valence electrons. The molecule has 0 aliphatic carbocycles. The van der Waals surface area contributed by atoms with Crippen LogP contribution in [0.5, 0.6) is 0 Å². The number of anilines is 1. The lowest BCUT2D eigenvalue weighted by molar-refractivity contribution is -0.120. The van der Waals surface area contributed by atoms with Gasteiger partial charge in [-0.25, -0.2) is 0 Å². The van der Waals surface area contributed by atoms with Crippen molar-refractivity contribution >= 4 is 11.7 Å². The average Bonchev–Trinajstić information content (AvgIpc) is 2.57. The summed E-state index contributed by atoms with van der Waals surface area (Å²) in [4.78, 5) is 13.3. The molecule has 1 fully saturated rings. The highest BCUT2D eigenvalue weighted by molar-refractivity contribution is 5.96. The number of aromatic nitrogens is 3. The molecule has 2 rings (SSSR count). The van der Waals surface area contributed by atoms with Gasteiger partial charge in [0.15, 0.2) is 5.82 Å². The predicted octanol–water partition coefficient (Wildman–Crippen LogP) is -0.731. The molecule has 0 radical (unpaired) electrons. The summed E-state index contributed by atoms with van der Waals surface area (Å²) in [7, 11) is 1.77. The van der Waals surface area contributed by atoms with Crippen molar-refractivity contribution in [3.05, 3.63) is 6.20 Å². The maximum atomic E-state index is 11.7. The van der Waals surface area contributed by atoms with Gasteiger partial charge in [-0.2, -0.15) is 0 Å². The average molecular weight is 195 g/mol. The van der Waals surface area contributed by atoms with Crippen molar-refractivity contribution in [2.45, 2.75) is 18.9 Å². The van der Waals surface area contributed by atoms with E-state index in [9.17, 15) is 4.79 Å². The van der Waals surface area contributed by atoms with Crippen LogP contribution in [-0.4, -0.2) is 33.5 Å². The Hall–Kier alpha value is -1.43.